The number of nitrogens with zero attached hydrogens (tertiary/aromatic N) is 1. The SMILES string of the molecule is CONC(=O)[C@H]1CC(=O)N(c2ccc(C)c(F)c2)C1. The van der Waals surface area contributed by atoms with Gasteiger partial charge in [0.1, 0.15) is 5.82 Å². The van der Waals surface area contributed by atoms with E-state index in [1.807, 2.05) is 0 Å². The Hall–Kier alpha value is -1.95. The van der Waals surface area contributed by atoms with Gasteiger partial charge >= 0.3 is 0 Å². The van der Waals surface area contributed by atoms with Crippen LogP contribution in [0, 0.1) is 18.7 Å². The zero-order valence-corrected chi connectivity index (χ0v) is 10.8. The Morgan fingerprint density at radius 3 is 2.89 bits per heavy atom. The molecule has 19 heavy (non-hydrogen) atoms. The van der Waals surface area contributed by atoms with Gasteiger partial charge in [0.15, 0.2) is 0 Å². The molecular formula is C13H15FN2O3. The van der Waals surface area contributed by atoms with Crippen LogP contribution in [0.1, 0.15) is 12.0 Å². The number of rotatable bonds is 3. The quantitative estimate of drug-likeness (QED) is 0.835. The van der Waals surface area contributed by atoms with E-state index in [9.17, 15) is 14.0 Å². The minimum Gasteiger partial charge on any atom is -0.311 e. The molecule has 0 unspecified atom stereocenters. The van der Waals surface area contributed by atoms with Crippen LogP contribution in [0.15, 0.2) is 18.2 Å². The second-order valence-corrected chi connectivity index (χ2v) is 4.51. The summed E-state index contributed by atoms with van der Waals surface area (Å²) in [4.78, 5) is 29.4. The van der Waals surface area contributed by atoms with Crippen LogP contribution in [-0.2, 0) is 14.4 Å². The molecule has 102 valence electrons. The lowest BCUT2D eigenvalue weighted by Crippen LogP contribution is -2.32. The van der Waals surface area contributed by atoms with Crippen LogP contribution >= 0.6 is 0 Å². The van der Waals surface area contributed by atoms with Gasteiger partial charge in [0.2, 0.25) is 11.8 Å². The highest BCUT2D eigenvalue weighted by Gasteiger charge is 2.35. The van der Waals surface area contributed by atoms with E-state index in [4.69, 9.17) is 0 Å². The Morgan fingerprint density at radius 1 is 1.53 bits per heavy atom. The maximum atomic E-state index is 13.5. The van der Waals surface area contributed by atoms with Crippen molar-refractivity contribution in [1.29, 1.82) is 0 Å². The summed E-state index contributed by atoms with van der Waals surface area (Å²) in [6, 6.07) is 4.59. The number of anilines is 1. The van der Waals surface area contributed by atoms with Gasteiger partial charge in [-0.1, -0.05) is 6.07 Å². The van der Waals surface area contributed by atoms with Crippen molar-refractivity contribution in [2.24, 2.45) is 5.92 Å². The zero-order chi connectivity index (χ0) is 14.0. The number of benzene rings is 1. The van der Waals surface area contributed by atoms with Crippen molar-refractivity contribution < 1.29 is 18.8 Å². The van der Waals surface area contributed by atoms with Gasteiger partial charge < -0.3 is 4.90 Å². The molecule has 0 aromatic heterocycles. The molecule has 1 aromatic carbocycles. The number of hydrogen-bond acceptors (Lipinski definition) is 3. The van der Waals surface area contributed by atoms with Gasteiger partial charge in [0.25, 0.3) is 0 Å². The molecule has 1 atom stereocenters. The maximum Gasteiger partial charge on any atom is 0.248 e. The number of aryl methyl sites for hydroxylation is 1. The van der Waals surface area contributed by atoms with Crippen LogP contribution in [-0.4, -0.2) is 25.5 Å². The van der Waals surface area contributed by atoms with Crippen molar-refractivity contribution in [2.45, 2.75) is 13.3 Å². The number of hydrogen-bond donors (Lipinski definition) is 1. The molecule has 0 saturated carbocycles. The third kappa shape index (κ3) is 2.73. The molecule has 1 saturated heterocycles. The average molecular weight is 266 g/mol. The standard InChI is InChI=1S/C13H15FN2O3/c1-8-3-4-10(6-11(8)14)16-7-9(5-12(16)17)13(18)15-19-2/h3-4,6,9H,5,7H2,1-2H3,(H,15,18)/t9-/m0/s1. The molecule has 5 nitrogen and oxygen atoms in total. The number of amides is 2. The molecular weight excluding hydrogens is 251 g/mol. The topological polar surface area (TPSA) is 58.6 Å². The molecule has 2 rings (SSSR count). The van der Waals surface area contributed by atoms with Crippen LogP contribution in [0.5, 0.6) is 0 Å². The Labute approximate surface area is 110 Å². The minimum atomic E-state index is -0.475. The number of carbonyl (C=O) groups is 2. The summed E-state index contributed by atoms with van der Waals surface area (Å²) in [7, 11) is 1.34. The van der Waals surface area contributed by atoms with Gasteiger partial charge in [-0.15, -0.1) is 0 Å². The lowest BCUT2D eigenvalue weighted by atomic mass is 10.1. The highest BCUT2D eigenvalue weighted by Crippen LogP contribution is 2.26. The van der Waals surface area contributed by atoms with E-state index < -0.39 is 5.92 Å². The fraction of sp³-hybridized carbons (Fsp3) is 0.385. The van der Waals surface area contributed by atoms with Gasteiger partial charge in [-0.25, -0.2) is 9.87 Å². The molecule has 1 fully saturated rings. The summed E-state index contributed by atoms with van der Waals surface area (Å²) >= 11 is 0. The second kappa shape index (κ2) is 5.36. The first-order valence-corrected chi connectivity index (χ1v) is 5.92. The molecule has 0 bridgehead atoms. The first kappa shape index (κ1) is 13.5. The van der Waals surface area contributed by atoms with Crippen LogP contribution in [0.25, 0.3) is 0 Å². The molecule has 0 aliphatic carbocycles. The first-order valence-electron chi connectivity index (χ1n) is 5.92. The second-order valence-electron chi connectivity index (χ2n) is 4.51. The molecule has 1 aliphatic heterocycles. The Balaban J connectivity index is 2.15. The maximum absolute atomic E-state index is 13.5. The molecule has 1 N–H and O–H groups in total. The van der Waals surface area contributed by atoms with E-state index in [2.05, 4.69) is 10.3 Å². The summed E-state index contributed by atoms with van der Waals surface area (Å²) in [6.07, 6.45) is 0.102. The Kier molecular flexibility index (Phi) is 3.80. The van der Waals surface area contributed by atoms with Gasteiger partial charge in [-0.3, -0.25) is 14.4 Å². The van der Waals surface area contributed by atoms with Gasteiger partial charge in [0.05, 0.1) is 13.0 Å². The Morgan fingerprint density at radius 2 is 2.26 bits per heavy atom. The minimum absolute atomic E-state index is 0.102. The summed E-state index contributed by atoms with van der Waals surface area (Å²) in [6.45, 7) is 1.89. The molecule has 0 radical (unpaired) electrons. The van der Waals surface area contributed by atoms with E-state index in [0.29, 0.717) is 11.3 Å². The van der Waals surface area contributed by atoms with E-state index >= 15 is 0 Å². The van der Waals surface area contributed by atoms with Gasteiger partial charge in [-0.2, -0.15) is 0 Å². The third-order valence-corrected chi connectivity index (χ3v) is 3.17. The summed E-state index contributed by atoms with van der Waals surface area (Å²) in [5, 5.41) is 0. The molecule has 1 aliphatic rings. The average Bonchev–Trinajstić information content (AvgIpc) is 2.75. The van der Waals surface area contributed by atoms with Gasteiger partial charge in [0, 0.05) is 18.7 Å². The van der Waals surface area contributed by atoms with E-state index in [1.54, 1.807) is 19.1 Å². The summed E-state index contributed by atoms with van der Waals surface area (Å²) in [5.74, 6) is -1.38. The van der Waals surface area contributed by atoms with Crippen molar-refractivity contribution in [2.75, 3.05) is 18.6 Å². The fourth-order valence-electron chi connectivity index (χ4n) is 2.07. The molecule has 2 amide bonds. The number of halogens is 1. The zero-order valence-electron chi connectivity index (χ0n) is 10.8. The van der Waals surface area contributed by atoms with Crippen LogP contribution in [0.2, 0.25) is 0 Å². The van der Waals surface area contributed by atoms with Crippen LogP contribution in [0.4, 0.5) is 10.1 Å². The largest absolute Gasteiger partial charge is 0.311 e. The number of carbonyl (C=O) groups excluding carboxylic acids is 2. The summed E-state index contributed by atoms with van der Waals surface area (Å²) in [5.41, 5.74) is 3.20. The van der Waals surface area contributed by atoms with Crippen molar-refractivity contribution in [3.05, 3.63) is 29.6 Å². The van der Waals surface area contributed by atoms with Crippen molar-refractivity contribution in [1.82, 2.24) is 5.48 Å². The number of hydroxylamine groups is 1. The van der Waals surface area contributed by atoms with Crippen molar-refractivity contribution in [3.63, 3.8) is 0 Å². The monoisotopic (exact) mass is 266 g/mol. The summed E-state index contributed by atoms with van der Waals surface area (Å²) < 4.78 is 13.5. The van der Waals surface area contributed by atoms with Crippen molar-refractivity contribution in [3.8, 4) is 0 Å². The molecule has 1 heterocycles. The van der Waals surface area contributed by atoms with Gasteiger partial charge in [-0.05, 0) is 24.6 Å². The van der Waals surface area contributed by atoms with Crippen LogP contribution in [0.3, 0.4) is 0 Å². The smallest absolute Gasteiger partial charge is 0.248 e. The third-order valence-electron chi connectivity index (χ3n) is 3.17. The fourth-order valence-corrected chi connectivity index (χ4v) is 2.07. The van der Waals surface area contributed by atoms with E-state index in [0.717, 1.165) is 0 Å². The molecule has 0 spiro atoms. The lowest BCUT2D eigenvalue weighted by Gasteiger charge is -2.17. The highest BCUT2D eigenvalue weighted by atomic mass is 19.1. The predicted molar refractivity (Wildman–Crippen MR) is 66.7 cm³/mol. The Bertz CT molecular complexity index is 519. The first-order chi connectivity index (χ1) is 9.02. The molecule has 6 heteroatoms. The van der Waals surface area contributed by atoms with Crippen LogP contribution < -0.4 is 10.4 Å². The lowest BCUT2D eigenvalue weighted by molar-refractivity contribution is -0.135. The van der Waals surface area contributed by atoms with E-state index in [1.165, 1.54) is 18.1 Å². The predicted octanol–water partition coefficient (Wildman–Crippen LogP) is 1.16. The van der Waals surface area contributed by atoms with Crippen molar-refractivity contribution >= 4 is 17.5 Å². The number of nitrogens with one attached hydrogen (secondary N) is 1. The highest BCUT2D eigenvalue weighted by molar-refractivity contribution is 6.00. The van der Waals surface area contributed by atoms with E-state index in [-0.39, 0.29) is 30.6 Å². The normalized spacial score (nSPS) is 18.8. The molecule has 1 aromatic rings.